The number of fused-ring (bicyclic) bond motifs is 10. The predicted octanol–water partition coefficient (Wildman–Crippen LogP) is 11.8. The van der Waals surface area contributed by atoms with E-state index in [4.69, 9.17) is 24.7 Å². The van der Waals surface area contributed by atoms with Gasteiger partial charge in [0.05, 0.1) is 56.3 Å². The van der Waals surface area contributed by atoms with Crippen LogP contribution in [-0.4, -0.2) is 24.1 Å². The summed E-state index contributed by atoms with van der Waals surface area (Å²) in [4.78, 5) is 13.8. The fourth-order valence-corrected chi connectivity index (χ4v) is 7.20. The zero-order valence-corrected chi connectivity index (χ0v) is 26.1. The van der Waals surface area contributed by atoms with Crippen molar-refractivity contribution >= 4 is 75.1 Å². The van der Waals surface area contributed by atoms with Crippen LogP contribution in [0.5, 0.6) is 0 Å². The molecule has 0 unspecified atom stereocenters. The molecule has 0 amide bonds. The Morgan fingerprint density at radius 1 is 0.431 bits per heavy atom. The van der Waals surface area contributed by atoms with Crippen molar-refractivity contribution in [2.45, 2.75) is 0 Å². The summed E-state index contributed by atoms with van der Waals surface area (Å²) in [5.41, 5.74) is -3.40. The van der Waals surface area contributed by atoms with E-state index in [-0.39, 0.29) is 52.8 Å². The van der Waals surface area contributed by atoms with Crippen LogP contribution in [0.25, 0.3) is 98.2 Å². The van der Waals surface area contributed by atoms with Gasteiger partial charge in [-0.2, -0.15) is 9.97 Å². The summed E-state index contributed by atoms with van der Waals surface area (Å²) in [7, 11) is 0. The number of hydrogen-bond acceptors (Lipinski definition) is 4. The molecule has 4 aromatic heterocycles. The predicted molar refractivity (Wildman–Crippen MR) is 212 cm³/mol. The van der Waals surface area contributed by atoms with E-state index in [2.05, 4.69) is 15.0 Å². The molecule has 0 fully saturated rings. The van der Waals surface area contributed by atoms with E-state index in [1.807, 2.05) is 0 Å². The number of thiophene rings is 1. The fraction of sp³-hybridized carbons (Fsp3) is 0. The topological polar surface area (TPSA) is 48.5 Å². The van der Waals surface area contributed by atoms with Crippen molar-refractivity contribution in [3.05, 3.63) is 163 Å². The Kier molecular flexibility index (Phi) is 2.84. The molecule has 0 saturated carbocycles. The largest absolute Gasteiger partial charge is 0.307 e. The minimum Gasteiger partial charge on any atom is -0.307 e. The Hall–Kier alpha value is -6.63. The van der Waals surface area contributed by atoms with Crippen molar-refractivity contribution < 1.29 is 34.3 Å². The van der Waals surface area contributed by atoms with Crippen LogP contribution < -0.4 is 0 Å². The average Bonchev–Trinajstić information content (AvgIpc) is 4.09. The van der Waals surface area contributed by atoms with Crippen molar-refractivity contribution in [1.29, 1.82) is 0 Å². The molecule has 0 aliphatic rings. The average molecular weight is 695 g/mol. The molecule has 0 bridgehead atoms. The van der Waals surface area contributed by atoms with Crippen molar-refractivity contribution in [3.63, 3.8) is 0 Å². The second kappa shape index (κ2) is 10.9. The van der Waals surface area contributed by atoms with E-state index in [9.17, 15) is 9.60 Å². The molecule has 4 heterocycles. The summed E-state index contributed by atoms with van der Waals surface area (Å²) in [6, 6.07) is -16.2. The monoisotopic (exact) mass is 694 g/mol. The number of rotatable bonds is 4. The molecule has 11 rings (SSSR count). The quantitative estimate of drug-likeness (QED) is 0.184. The standard InChI is InChI=1S/C45H27N5S/c1-3-13-28(14-4-1)43-46-44(29-23-24-34-33-19-9-12-22-39(33)51-40(34)27-29)48-45(47-43)50-38-21-11-8-18-32(38)36-26-25-35-31-17-7-10-20-37(31)49(41(35)42(36)50)30-15-5-2-6-16-30/h1-27H/i1D,2D,3D,4D,5D,6D,7D,8D,9D,10D,11D,12D,13D,14D,15D,16D,17D,18D,19D,20D,21D,22D,23D,24D,27D. The van der Waals surface area contributed by atoms with Gasteiger partial charge in [0.1, 0.15) is 0 Å². The highest BCUT2D eigenvalue weighted by Gasteiger charge is 2.23. The lowest BCUT2D eigenvalue weighted by molar-refractivity contribution is 0.953. The molecule has 0 spiro atoms. The van der Waals surface area contributed by atoms with Crippen molar-refractivity contribution in [2.24, 2.45) is 0 Å². The number of hydrogen-bond donors (Lipinski definition) is 0. The first kappa shape index (κ1) is 13.2. The van der Waals surface area contributed by atoms with E-state index in [1.54, 1.807) is 0 Å². The lowest BCUT2D eigenvalue weighted by Gasteiger charge is -2.13. The number of para-hydroxylation sites is 3. The highest BCUT2D eigenvalue weighted by atomic mass is 32.1. The number of nitrogens with zero attached hydrogens (tertiary/aromatic N) is 5. The molecule has 11 aromatic rings. The smallest absolute Gasteiger partial charge is 0.238 e. The maximum absolute atomic E-state index is 9.61. The van der Waals surface area contributed by atoms with Crippen molar-refractivity contribution in [3.8, 4) is 34.4 Å². The Bertz CT molecular complexity index is 4540. The summed E-state index contributed by atoms with van der Waals surface area (Å²) < 4.78 is 224. The van der Waals surface area contributed by atoms with E-state index in [0.717, 1.165) is 9.13 Å². The molecule has 0 aliphatic carbocycles. The fourth-order valence-electron chi connectivity index (χ4n) is 6.23. The van der Waals surface area contributed by atoms with E-state index in [0.29, 0.717) is 11.3 Å². The van der Waals surface area contributed by atoms with E-state index < -0.39 is 197 Å². The van der Waals surface area contributed by atoms with Gasteiger partial charge in [-0.1, -0.05) is 127 Å². The van der Waals surface area contributed by atoms with Crippen LogP contribution in [0.3, 0.4) is 0 Å². The van der Waals surface area contributed by atoms with Gasteiger partial charge in [0.25, 0.3) is 0 Å². The summed E-state index contributed by atoms with van der Waals surface area (Å²) in [6.07, 6.45) is 0. The van der Waals surface area contributed by atoms with Crippen LogP contribution in [0.1, 0.15) is 34.3 Å². The second-order valence-electron chi connectivity index (χ2n) is 11.0. The molecule has 0 N–H and O–H groups in total. The van der Waals surface area contributed by atoms with Gasteiger partial charge in [-0.05, 0) is 36.3 Å². The maximum Gasteiger partial charge on any atom is 0.238 e. The molecule has 51 heavy (non-hydrogen) atoms. The van der Waals surface area contributed by atoms with Gasteiger partial charge < -0.3 is 4.57 Å². The molecular weight excluding hydrogens is 643 g/mol. The summed E-state index contributed by atoms with van der Waals surface area (Å²) in [6.45, 7) is 0. The lowest BCUT2D eigenvalue weighted by atomic mass is 10.1. The maximum atomic E-state index is 9.61. The normalized spacial score (nSPS) is 18.8. The summed E-state index contributed by atoms with van der Waals surface area (Å²) in [5, 5.41) is -1.06. The van der Waals surface area contributed by atoms with Crippen LogP contribution in [0, 0.1) is 0 Å². The Morgan fingerprint density at radius 3 is 1.71 bits per heavy atom. The molecule has 0 aliphatic heterocycles. The zero-order valence-electron chi connectivity index (χ0n) is 50.3. The Labute approximate surface area is 331 Å². The van der Waals surface area contributed by atoms with Crippen molar-refractivity contribution in [1.82, 2.24) is 24.1 Å². The highest BCUT2D eigenvalue weighted by Crippen LogP contribution is 2.42. The highest BCUT2D eigenvalue weighted by molar-refractivity contribution is 7.25. The molecule has 7 aromatic carbocycles. The van der Waals surface area contributed by atoms with Crippen LogP contribution in [0.4, 0.5) is 0 Å². The molecular formula is C45H27N5S. The number of benzene rings is 7. The Balaban J connectivity index is 1.43. The molecule has 0 radical (unpaired) electrons. The molecule has 5 nitrogen and oxygen atoms in total. The third kappa shape index (κ3) is 4.24. The lowest BCUT2D eigenvalue weighted by Crippen LogP contribution is -2.07. The van der Waals surface area contributed by atoms with Crippen molar-refractivity contribution in [2.75, 3.05) is 0 Å². The number of aromatic nitrogens is 5. The van der Waals surface area contributed by atoms with E-state index >= 15 is 0 Å². The minimum atomic E-state index is -0.869. The third-order valence-corrected chi connectivity index (χ3v) is 9.31. The SMILES string of the molecule is [2H]c1c([2H])c([2H])c(-c2nc(-c3c([2H])c([2H])c4c(sc5c([2H])c([2H])c([2H])c([2H])c54)c3[2H])nc(-n3c4c([2H])c([2H])c([2H])c([2H])c4c4ccc5c6c([2H])c([2H])c([2H])c([2H])c6n(-c6c([2H])c([2H])c([2H])c([2H])c6[2H])c5c43)n2)c([2H])c1[2H]. The van der Waals surface area contributed by atoms with Crippen LogP contribution in [-0.2, 0) is 0 Å². The van der Waals surface area contributed by atoms with Gasteiger partial charge in [-0.15, -0.1) is 11.3 Å². The van der Waals surface area contributed by atoms with E-state index in [1.165, 1.54) is 12.1 Å². The van der Waals surface area contributed by atoms with Gasteiger partial charge in [0.2, 0.25) is 5.95 Å². The van der Waals surface area contributed by atoms with Crippen LogP contribution >= 0.6 is 11.3 Å². The van der Waals surface area contributed by atoms with Gasteiger partial charge in [0, 0.05) is 58.5 Å². The zero-order chi connectivity index (χ0) is 55.2. The molecule has 0 saturated heterocycles. The van der Waals surface area contributed by atoms with Gasteiger partial charge in [0.15, 0.2) is 11.6 Å². The van der Waals surface area contributed by atoms with Gasteiger partial charge >= 0.3 is 0 Å². The minimum absolute atomic E-state index is 0.0598. The molecule has 238 valence electrons. The summed E-state index contributed by atoms with van der Waals surface area (Å²) >= 11 is 0.697. The molecule has 6 heteroatoms. The molecule has 0 atom stereocenters. The Morgan fingerprint density at radius 2 is 0.980 bits per heavy atom. The van der Waals surface area contributed by atoms with Gasteiger partial charge in [-0.3, -0.25) is 4.57 Å². The summed E-state index contributed by atoms with van der Waals surface area (Å²) in [5.74, 6) is -2.22. The first-order chi connectivity index (χ1) is 35.7. The third-order valence-electron chi connectivity index (χ3n) is 8.29. The van der Waals surface area contributed by atoms with Crippen LogP contribution in [0.15, 0.2) is 163 Å². The first-order valence-corrected chi connectivity index (χ1v) is 15.8. The van der Waals surface area contributed by atoms with Gasteiger partial charge in [-0.25, -0.2) is 4.98 Å². The van der Waals surface area contributed by atoms with Crippen LogP contribution in [0.2, 0.25) is 0 Å². The first-order valence-electron chi connectivity index (χ1n) is 27.5. The second-order valence-corrected chi connectivity index (χ2v) is 12.0.